The fourth-order valence-corrected chi connectivity index (χ4v) is 3.66. The number of rotatable bonds is 10. The zero-order valence-electron chi connectivity index (χ0n) is 16.4. The molecule has 1 saturated carbocycles. The summed E-state index contributed by atoms with van der Waals surface area (Å²) in [4.78, 5) is 24.8. The van der Waals surface area contributed by atoms with Gasteiger partial charge in [-0.25, -0.2) is 0 Å². The molecule has 0 aromatic heterocycles. The van der Waals surface area contributed by atoms with E-state index in [0.29, 0.717) is 44.0 Å². The lowest BCUT2D eigenvalue weighted by atomic mass is 9.71. The Bertz CT molecular complexity index is 612. The standard InChI is InChI=1S/C21H33N3O3/c1-2-27-13-7-12-23-20(26)17-8-6-9-18(14-17)24-19(25)15-21(16-22)10-4-3-5-11-21/h6,8-9,14H,2-5,7,10-13,15-16,22H2,1H3,(H,23,26)(H,24,25). The van der Waals surface area contributed by atoms with Gasteiger partial charge in [0.15, 0.2) is 0 Å². The van der Waals surface area contributed by atoms with Gasteiger partial charge in [0.1, 0.15) is 0 Å². The van der Waals surface area contributed by atoms with Gasteiger partial charge in [-0.1, -0.05) is 25.3 Å². The molecule has 1 aliphatic rings. The molecule has 0 spiro atoms. The van der Waals surface area contributed by atoms with Gasteiger partial charge in [0.2, 0.25) is 5.91 Å². The van der Waals surface area contributed by atoms with E-state index in [1.54, 1.807) is 24.3 Å². The van der Waals surface area contributed by atoms with Gasteiger partial charge in [-0.2, -0.15) is 0 Å². The second-order valence-electron chi connectivity index (χ2n) is 7.38. The average molecular weight is 376 g/mol. The van der Waals surface area contributed by atoms with Crippen LogP contribution in [-0.4, -0.2) is 38.1 Å². The number of nitrogens with one attached hydrogen (secondary N) is 2. The molecule has 4 N–H and O–H groups in total. The molecule has 1 aliphatic carbocycles. The number of anilines is 1. The lowest BCUT2D eigenvalue weighted by molar-refractivity contribution is -0.118. The summed E-state index contributed by atoms with van der Waals surface area (Å²) in [5.41, 5.74) is 7.09. The van der Waals surface area contributed by atoms with Crippen LogP contribution in [0.1, 0.15) is 62.2 Å². The summed E-state index contributed by atoms with van der Waals surface area (Å²) in [5, 5.41) is 5.80. The minimum absolute atomic E-state index is 0.0309. The Hall–Kier alpha value is -1.92. The fourth-order valence-electron chi connectivity index (χ4n) is 3.66. The van der Waals surface area contributed by atoms with Crippen molar-refractivity contribution < 1.29 is 14.3 Å². The Balaban J connectivity index is 1.86. The van der Waals surface area contributed by atoms with Crippen molar-refractivity contribution in [3.63, 3.8) is 0 Å². The highest BCUT2D eigenvalue weighted by atomic mass is 16.5. The van der Waals surface area contributed by atoms with E-state index in [1.165, 1.54) is 6.42 Å². The topological polar surface area (TPSA) is 93.5 Å². The molecule has 0 aliphatic heterocycles. The van der Waals surface area contributed by atoms with Crippen molar-refractivity contribution in [1.29, 1.82) is 0 Å². The summed E-state index contributed by atoms with van der Waals surface area (Å²) in [6, 6.07) is 7.05. The highest BCUT2D eigenvalue weighted by Gasteiger charge is 2.32. The molecule has 150 valence electrons. The average Bonchev–Trinajstić information content (AvgIpc) is 2.68. The largest absolute Gasteiger partial charge is 0.382 e. The summed E-state index contributed by atoms with van der Waals surface area (Å²) in [7, 11) is 0. The maximum atomic E-state index is 12.5. The van der Waals surface area contributed by atoms with E-state index in [-0.39, 0.29) is 17.2 Å². The van der Waals surface area contributed by atoms with Crippen LogP contribution in [0.3, 0.4) is 0 Å². The molecule has 2 amide bonds. The van der Waals surface area contributed by atoms with Gasteiger partial charge in [-0.3, -0.25) is 9.59 Å². The van der Waals surface area contributed by atoms with Crippen molar-refractivity contribution >= 4 is 17.5 Å². The Morgan fingerprint density at radius 3 is 2.70 bits per heavy atom. The van der Waals surface area contributed by atoms with Crippen LogP contribution in [0.5, 0.6) is 0 Å². The molecular weight excluding hydrogens is 342 g/mol. The van der Waals surface area contributed by atoms with Gasteiger partial charge in [-0.05, 0) is 56.3 Å². The van der Waals surface area contributed by atoms with Gasteiger partial charge in [0.05, 0.1) is 0 Å². The molecule has 1 aromatic rings. The van der Waals surface area contributed by atoms with Crippen LogP contribution < -0.4 is 16.4 Å². The summed E-state index contributed by atoms with van der Waals surface area (Å²) in [5.74, 6) is -0.176. The molecule has 6 nitrogen and oxygen atoms in total. The van der Waals surface area contributed by atoms with Crippen LogP contribution in [-0.2, 0) is 9.53 Å². The van der Waals surface area contributed by atoms with Gasteiger partial charge < -0.3 is 21.1 Å². The molecule has 2 rings (SSSR count). The van der Waals surface area contributed by atoms with Crippen LogP contribution in [0, 0.1) is 5.41 Å². The molecule has 27 heavy (non-hydrogen) atoms. The number of hydrogen-bond donors (Lipinski definition) is 3. The minimum Gasteiger partial charge on any atom is -0.382 e. The third-order valence-electron chi connectivity index (χ3n) is 5.25. The van der Waals surface area contributed by atoms with Crippen molar-refractivity contribution in [3.8, 4) is 0 Å². The van der Waals surface area contributed by atoms with Crippen LogP contribution in [0.25, 0.3) is 0 Å². The molecule has 6 heteroatoms. The van der Waals surface area contributed by atoms with Gasteiger partial charge in [-0.15, -0.1) is 0 Å². The number of amides is 2. The summed E-state index contributed by atoms with van der Waals surface area (Å²) in [6.45, 7) is 4.37. The predicted octanol–water partition coefficient (Wildman–Crippen LogP) is 3.08. The molecule has 0 atom stereocenters. The van der Waals surface area contributed by atoms with Gasteiger partial charge >= 0.3 is 0 Å². The molecule has 1 fully saturated rings. The highest BCUT2D eigenvalue weighted by Crippen LogP contribution is 2.38. The molecule has 0 heterocycles. The van der Waals surface area contributed by atoms with E-state index in [2.05, 4.69) is 10.6 Å². The third kappa shape index (κ3) is 6.96. The Kier molecular flexibility index (Phi) is 8.75. The second kappa shape index (κ2) is 11.0. The number of carbonyl (C=O) groups excluding carboxylic acids is 2. The normalized spacial score (nSPS) is 15.9. The van der Waals surface area contributed by atoms with Crippen LogP contribution in [0.2, 0.25) is 0 Å². The molecule has 0 unspecified atom stereocenters. The number of carbonyl (C=O) groups is 2. The first-order chi connectivity index (χ1) is 13.1. The lowest BCUT2D eigenvalue weighted by Crippen LogP contribution is -2.36. The zero-order chi connectivity index (χ0) is 19.5. The van der Waals surface area contributed by atoms with Crippen LogP contribution in [0.15, 0.2) is 24.3 Å². The third-order valence-corrected chi connectivity index (χ3v) is 5.25. The number of nitrogens with two attached hydrogens (primary N) is 1. The van der Waals surface area contributed by atoms with Crippen molar-refractivity contribution in [3.05, 3.63) is 29.8 Å². The van der Waals surface area contributed by atoms with E-state index < -0.39 is 0 Å². The van der Waals surface area contributed by atoms with Gasteiger partial charge in [0.25, 0.3) is 5.91 Å². The lowest BCUT2D eigenvalue weighted by Gasteiger charge is -2.35. The minimum atomic E-state index is -0.145. The van der Waals surface area contributed by atoms with Crippen molar-refractivity contribution in [1.82, 2.24) is 5.32 Å². The zero-order valence-corrected chi connectivity index (χ0v) is 16.4. The predicted molar refractivity (Wildman–Crippen MR) is 108 cm³/mol. The molecule has 0 radical (unpaired) electrons. The molecule has 1 aromatic carbocycles. The maximum absolute atomic E-state index is 12.5. The van der Waals surface area contributed by atoms with Crippen LogP contribution >= 0.6 is 0 Å². The first-order valence-electron chi connectivity index (χ1n) is 10.0. The Morgan fingerprint density at radius 1 is 1.22 bits per heavy atom. The van der Waals surface area contributed by atoms with Gasteiger partial charge in [0, 0.05) is 37.4 Å². The molecule has 0 saturated heterocycles. The van der Waals surface area contributed by atoms with E-state index in [4.69, 9.17) is 10.5 Å². The highest BCUT2D eigenvalue weighted by molar-refractivity contribution is 5.97. The number of ether oxygens (including phenoxy) is 1. The monoisotopic (exact) mass is 375 g/mol. The molecule has 0 bridgehead atoms. The van der Waals surface area contributed by atoms with Crippen molar-refractivity contribution in [2.24, 2.45) is 11.1 Å². The Labute approximate surface area is 162 Å². The van der Waals surface area contributed by atoms with E-state index in [9.17, 15) is 9.59 Å². The maximum Gasteiger partial charge on any atom is 0.251 e. The van der Waals surface area contributed by atoms with Crippen molar-refractivity contribution in [2.75, 3.05) is 31.6 Å². The van der Waals surface area contributed by atoms with E-state index in [1.807, 2.05) is 6.92 Å². The number of hydrogen-bond acceptors (Lipinski definition) is 4. The quantitative estimate of drug-likeness (QED) is 0.548. The number of benzene rings is 1. The summed E-state index contributed by atoms with van der Waals surface area (Å²) < 4.78 is 5.26. The SMILES string of the molecule is CCOCCCNC(=O)c1cccc(NC(=O)CC2(CN)CCCCC2)c1. The fraction of sp³-hybridized carbons (Fsp3) is 0.619. The molecular formula is C21H33N3O3. The van der Waals surface area contributed by atoms with Crippen molar-refractivity contribution in [2.45, 2.75) is 51.9 Å². The summed E-state index contributed by atoms with van der Waals surface area (Å²) >= 11 is 0. The Morgan fingerprint density at radius 2 is 2.00 bits per heavy atom. The second-order valence-corrected chi connectivity index (χ2v) is 7.38. The smallest absolute Gasteiger partial charge is 0.251 e. The van der Waals surface area contributed by atoms with E-state index >= 15 is 0 Å². The first-order valence-corrected chi connectivity index (χ1v) is 10.0. The summed E-state index contributed by atoms with van der Waals surface area (Å²) in [6.07, 6.45) is 6.76. The van der Waals surface area contributed by atoms with E-state index in [0.717, 1.165) is 32.1 Å². The first kappa shape index (κ1) is 21.4. The van der Waals surface area contributed by atoms with Crippen LogP contribution in [0.4, 0.5) is 5.69 Å².